The molecule has 0 aliphatic heterocycles. The van der Waals surface area contributed by atoms with Gasteiger partial charge in [0.15, 0.2) is 5.96 Å². The second kappa shape index (κ2) is 8.90. The fraction of sp³-hybridized carbons (Fsp3) is 0.412. The van der Waals surface area contributed by atoms with Crippen LogP contribution in [0.5, 0.6) is 0 Å². The van der Waals surface area contributed by atoms with E-state index in [1.165, 1.54) is 11.1 Å². The average Bonchev–Trinajstić information content (AvgIpc) is 2.85. The second-order valence-electron chi connectivity index (χ2n) is 5.44. The first kappa shape index (κ1) is 19.5. The van der Waals surface area contributed by atoms with Gasteiger partial charge in [0.25, 0.3) is 0 Å². The third-order valence-corrected chi connectivity index (χ3v) is 3.51. The number of nitrogens with one attached hydrogen (secondary N) is 1. The van der Waals surface area contributed by atoms with E-state index in [0.29, 0.717) is 12.5 Å². The van der Waals surface area contributed by atoms with Gasteiger partial charge in [0.2, 0.25) is 0 Å². The quantitative estimate of drug-likeness (QED) is 0.430. The molecule has 0 spiro atoms. The first-order valence-corrected chi connectivity index (χ1v) is 7.65. The minimum Gasteiger partial charge on any atom is -0.370 e. The molecule has 1 heterocycles. The lowest BCUT2D eigenvalue weighted by atomic mass is 10.1. The summed E-state index contributed by atoms with van der Waals surface area (Å²) in [6.07, 6.45) is 1.64. The van der Waals surface area contributed by atoms with E-state index in [1.54, 1.807) is 0 Å². The lowest BCUT2D eigenvalue weighted by molar-refractivity contribution is 0.380. The Labute approximate surface area is 154 Å². The molecular formula is C17H25IN4O. The van der Waals surface area contributed by atoms with E-state index in [4.69, 9.17) is 10.3 Å². The number of aryl methyl sites for hydroxylation is 4. The number of hydrogen-bond acceptors (Lipinski definition) is 3. The molecule has 0 unspecified atom stereocenters. The summed E-state index contributed by atoms with van der Waals surface area (Å²) < 4.78 is 5.34. The standard InChI is InChI=1S/C17H24N4O.HI/c1-5-15-14(16(6-2)22-21-15)10-19-17(18)20-13-8-11(3)7-12(4)9-13;/h7-9H,5-6,10H2,1-4H3,(H3,18,19,20);1H. The molecule has 3 N–H and O–H groups in total. The van der Waals surface area contributed by atoms with Crippen molar-refractivity contribution in [2.75, 3.05) is 5.32 Å². The maximum atomic E-state index is 5.99. The van der Waals surface area contributed by atoms with Crippen LogP contribution in [0.4, 0.5) is 5.69 Å². The first-order valence-electron chi connectivity index (χ1n) is 7.65. The molecule has 0 bridgehead atoms. The Kier molecular flexibility index (Phi) is 7.54. The maximum Gasteiger partial charge on any atom is 0.193 e. The summed E-state index contributed by atoms with van der Waals surface area (Å²) in [5.74, 6) is 1.29. The van der Waals surface area contributed by atoms with Crippen molar-refractivity contribution in [1.82, 2.24) is 5.16 Å². The van der Waals surface area contributed by atoms with E-state index in [0.717, 1.165) is 35.5 Å². The highest BCUT2D eigenvalue weighted by Gasteiger charge is 2.12. The van der Waals surface area contributed by atoms with Crippen molar-refractivity contribution < 1.29 is 4.52 Å². The van der Waals surface area contributed by atoms with E-state index >= 15 is 0 Å². The molecule has 0 atom stereocenters. The summed E-state index contributed by atoms with van der Waals surface area (Å²) in [7, 11) is 0. The van der Waals surface area contributed by atoms with Crippen molar-refractivity contribution in [3.8, 4) is 0 Å². The van der Waals surface area contributed by atoms with Crippen LogP contribution in [0.25, 0.3) is 0 Å². The van der Waals surface area contributed by atoms with Crippen LogP contribution < -0.4 is 11.1 Å². The van der Waals surface area contributed by atoms with Gasteiger partial charge in [-0.1, -0.05) is 25.1 Å². The molecular weight excluding hydrogens is 403 g/mol. The minimum absolute atomic E-state index is 0. The Morgan fingerprint density at radius 2 is 1.83 bits per heavy atom. The van der Waals surface area contributed by atoms with Crippen LogP contribution in [-0.2, 0) is 19.4 Å². The third kappa shape index (κ3) is 5.23. The first-order chi connectivity index (χ1) is 10.5. The van der Waals surface area contributed by atoms with Gasteiger partial charge in [-0.3, -0.25) is 0 Å². The number of benzene rings is 1. The van der Waals surface area contributed by atoms with E-state index in [9.17, 15) is 0 Å². The van der Waals surface area contributed by atoms with Crippen LogP contribution in [0, 0.1) is 13.8 Å². The molecule has 6 heteroatoms. The number of nitrogens with two attached hydrogens (primary N) is 1. The molecule has 1 aromatic carbocycles. The minimum atomic E-state index is 0. The van der Waals surface area contributed by atoms with Gasteiger partial charge in [0.05, 0.1) is 12.2 Å². The number of hydrogen-bond donors (Lipinski definition) is 2. The SMILES string of the molecule is CCc1noc(CC)c1CN=C(N)Nc1cc(C)cc(C)c1.I. The van der Waals surface area contributed by atoms with Gasteiger partial charge >= 0.3 is 0 Å². The van der Waals surface area contributed by atoms with Crippen molar-refractivity contribution >= 4 is 35.6 Å². The molecule has 2 aromatic rings. The fourth-order valence-corrected chi connectivity index (χ4v) is 2.52. The van der Waals surface area contributed by atoms with Crippen LogP contribution in [0.15, 0.2) is 27.7 Å². The molecule has 0 saturated heterocycles. The summed E-state index contributed by atoms with van der Waals surface area (Å²) in [5, 5.41) is 7.22. The van der Waals surface area contributed by atoms with Crippen molar-refractivity contribution in [2.24, 2.45) is 10.7 Å². The topological polar surface area (TPSA) is 76.4 Å². The summed E-state index contributed by atoms with van der Waals surface area (Å²) in [6.45, 7) is 8.71. The van der Waals surface area contributed by atoms with Gasteiger partial charge in [-0.15, -0.1) is 24.0 Å². The predicted octanol–water partition coefficient (Wildman–Crippen LogP) is 3.96. The molecule has 0 amide bonds. The largest absolute Gasteiger partial charge is 0.370 e. The molecule has 126 valence electrons. The summed E-state index contributed by atoms with van der Waals surface area (Å²) in [6, 6.07) is 6.21. The Morgan fingerprint density at radius 1 is 1.17 bits per heavy atom. The molecule has 23 heavy (non-hydrogen) atoms. The van der Waals surface area contributed by atoms with Crippen LogP contribution in [0.3, 0.4) is 0 Å². The number of rotatable bonds is 5. The zero-order chi connectivity index (χ0) is 16.1. The van der Waals surface area contributed by atoms with Gasteiger partial charge < -0.3 is 15.6 Å². The van der Waals surface area contributed by atoms with Crippen molar-refractivity contribution in [1.29, 1.82) is 0 Å². The molecule has 0 radical (unpaired) electrons. The molecule has 1 aromatic heterocycles. The lowest BCUT2D eigenvalue weighted by Gasteiger charge is -2.08. The summed E-state index contributed by atoms with van der Waals surface area (Å²) in [5.41, 5.74) is 11.3. The fourth-order valence-electron chi connectivity index (χ4n) is 2.52. The van der Waals surface area contributed by atoms with Crippen molar-refractivity contribution in [3.63, 3.8) is 0 Å². The van der Waals surface area contributed by atoms with E-state index in [1.807, 2.05) is 19.1 Å². The van der Waals surface area contributed by atoms with Crippen LogP contribution in [-0.4, -0.2) is 11.1 Å². The summed E-state index contributed by atoms with van der Waals surface area (Å²) >= 11 is 0. The Balaban J connectivity index is 0.00000264. The Morgan fingerprint density at radius 3 is 2.39 bits per heavy atom. The molecule has 2 rings (SSSR count). The molecule has 5 nitrogen and oxygen atoms in total. The number of nitrogens with zero attached hydrogens (tertiary/aromatic N) is 2. The number of aliphatic imine (C=N–C) groups is 1. The Bertz CT molecular complexity index is 637. The molecule has 0 aliphatic rings. The number of anilines is 1. The highest BCUT2D eigenvalue weighted by atomic mass is 127. The van der Waals surface area contributed by atoms with Crippen molar-refractivity contribution in [3.05, 3.63) is 46.3 Å². The number of guanidine groups is 1. The zero-order valence-corrected chi connectivity index (χ0v) is 16.5. The lowest BCUT2D eigenvalue weighted by Crippen LogP contribution is -2.22. The van der Waals surface area contributed by atoms with E-state index in [2.05, 4.69) is 42.3 Å². The van der Waals surface area contributed by atoms with Crippen LogP contribution >= 0.6 is 24.0 Å². The predicted molar refractivity (Wildman–Crippen MR) is 106 cm³/mol. The average molecular weight is 428 g/mol. The van der Waals surface area contributed by atoms with E-state index < -0.39 is 0 Å². The van der Waals surface area contributed by atoms with Gasteiger partial charge in [0, 0.05) is 17.7 Å². The number of halogens is 1. The zero-order valence-electron chi connectivity index (χ0n) is 14.1. The van der Waals surface area contributed by atoms with Crippen LogP contribution in [0.1, 0.15) is 42.0 Å². The van der Waals surface area contributed by atoms with Gasteiger partial charge in [-0.05, 0) is 43.5 Å². The maximum absolute atomic E-state index is 5.99. The highest BCUT2D eigenvalue weighted by Crippen LogP contribution is 2.17. The smallest absolute Gasteiger partial charge is 0.193 e. The van der Waals surface area contributed by atoms with Crippen molar-refractivity contribution in [2.45, 2.75) is 47.1 Å². The molecule has 0 aliphatic carbocycles. The van der Waals surface area contributed by atoms with Gasteiger partial charge in [-0.25, -0.2) is 4.99 Å². The Hall–Kier alpha value is -1.57. The van der Waals surface area contributed by atoms with Gasteiger partial charge in [-0.2, -0.15) is 0 Å². The number of aromatic nitrogens is 1. The normalized spacial score (nSPS) is 11.2. The summed E-state index contributed by atoms with van der Waals surface area (Å²) in [4.78, 5) is 4.42. The monoisotopic (exact) mass is 428 g/mol. The molecule has 0 saturated carbocycles. The highest BCUT2D eigenvalue weighted by molar-refractivity contribution is 14.0. The van der Waals surface area contributed by atoms with E-state index in [-0.39, 0.29) is 24.0 Å². The van der Waals surface area contributed by atoms with Crippen LogP contribution in [0.2, 0.25) is 0 Å². The second-order valence-corrected chi connectivity index (χ2v) is 5.44. The molecule has 0 fully saturated rings. The third-order valence-electron chi connectivity index (χ3n) is 3.51. The van der Waals surface area contributed by atoms with Gasteiger partial charge in [0.1, 0.15) is 5.76 Å².